The molecule has 0 aliphatic heterocycles. The number of hydrogen-bond acceptors (Lipinski definition) is 2. The van der Waals surface area contributed by atoms with Crippen LogP contribution in [0.25, 0.3) is 0 Å². The van der Waals surface area contributed by atoms with Crippen LogP contribution in [0.1, 0.15) is 22.7 Å². The summed E-state index contributed by atoms with van der Waals surface area (Å²) >= 11 is 6.10. The lowest BCUT2D eigenvalue weighted by atomic mass is 9.95. The van der Waals surface area contributed by atoms with Crippen LogP contribution >= 0.6 is 11.6 Å². The van der Waals surface area contributed by atoms with E-state index in [1.54, 1.807) is 7.11 Å². The molecule has 20 heavy (non-hydrogen) atoms. The molecule has 106 valence electrons. The molecule has 0 aromatic heterocycles. The second kappa shape index (κ2) is 6.78. The maximum Gasteiger partial charge on any atom is 0.122 e. The van der Waals surface area contributed by atoms with Crippen LogP contribution in [-0.4, -0.2) is 14.2 Å². The lowest BCUT2D eigenvalue weighted by Crippen LogP contribution is -2.20. The number of ether oxygens (including phenoxy) is 1. The van der Waals surface area contributed by atoms with Gasteiger partial charge in [0.2, 0.25) is 0 Å². The summed E-state index contributed by atoms with van der Waals surface area (Å²) in [4.78, 5) is 0. The molecule has 0 radical (unpaired) electrons. The van der Waals surface area contributed by atoms with E-state index in [1.807, 2.05) is 25.2 Å². The van der Waals surface area contributed by atoms with Gasteiger partial charge >= 0.3 is 0 Å². The molecule has 0 spiro atoms. The summed E-state index contributed by atoms with van der Waals surface area (Å²) in [5.41, 5.74) is 3.70. The molecule has 0 fully saturated rings. The molecule has 0 saturated heterocycles. The fourth-order valence-electron chi connectivity index (χ4n) is 2.47. The predicted octanol–water partition coefficient (Wildman–Crippen LogP) is 4.16. The Labute approximate surface area is 125 Å². The van der Waals surface area contributed by atoms with Crippen molar-refractivity contribution in [1.82, 2.24) is 5.32 Å². The van der Waals surface area contributed by atoms with Crippen LogP contribution in [0, 0.1) is 6.92 Å². The summed E-state index contributed by atoms with van der Waals surface area (Å²) in [6.45, 7) is 2.13. The molecular formula is C17H20ClNO. The normalized spacial score (nSPS) is 12.2. The van der Waals surface area contributed by atoms with Gasteiger partial charge in [-0.1, -0.05) is 35.9 Å². The van der Waals surface area contributed by atoms with E-state index in [9.17, 15) is 0 Å². The minimum Gasteiger partial charge on any atom is -0.496 e. The van der Waals surface area contributed by atoms with Crippen LogP contribution in [0.15, 0.2) is 42.5 Å². The van der Waals surface area contributed by atoms with Crippen LogP contribution in [0.3, 0.4) is 0 Å². The maximum atomic E-state index is 6.10. The van der Waals surface area contributed by atoms with Crippen molar-refractivity contribution >= 4 is 11.6 Å². The summed E-state index contributed by atoms with van der Waals surface area (Å²) in [6, 6.07) is 14.4. The first-order valence-electron chi connectivity index (χ1n) is 6.71. The standard InChI is InChI=1S/C17H20ClNO/c1-12-6-4-5-7-15(12)16(19-2)11-13-10-14(18)8-9-17(13)20-3/h4-10,16,19H,11H2,1-3H3. The molecule has 3 heteroatoms. The molecule has 0 saturated carbocycles. The third-order valence-electron chi connectivity index (χ3n) is 3.58. The zero-order chi connectivity index (χ0) is 14.5. The van der Waals surface area contributed by atoms with Crippen molar-refractivity contribution in [1.29, 1.82) is 0 Å². The molecule has 2 rings (SSSR count). The molecule has 0 bridgehead atoms. The highest BCUT2D eigenvalue weighted by Gasteiger charge is 2.15. The van der Waals surface area contributed by atoms with Crippen molar-refractivity contribution in [2.45, 2.75) is 19.4 Å². The quantitative estimate of drug-likeness (QED) is 0.892. The zero-order valence-electron chi connectivity index (χ0n) is 12.1. The molecule has 0 heterocycles. The number of hydrogen-bond donors (Lipinski definition) is 1. The van der Waals surface area contributed by atoms with Gasteiger partial charge in [-0.15, -0.1) is 0 Å². The Kier molecular flexibility index (Phi) is 5.05. The summed E-state index contributed by atoms with van der Waals surface area (Å²) in [5.74, 6) is 0.878. The predicted molar refractivity (Wildman–Crippen MR) is 84.7 cm³/mol. The van der Waals surface area contributed by atoms with Gasteiger partial charge in [0, 0.05) is 11.1 Å². The fourth-order valence-corrected chi connectivity index (χ4v) is 2.67. The van der Waals surface area contributed by atoms with Gasteiger partial charge < -0.3 is 10.1 Å². The van der Waals surface area contributed by atoms with E-state index in [0.717, 1.165) is 22.8 Å². The minimum atomic E-state index is 0.239. The van der Waals surface area contributed by atoms with Crippen molar-refractivity contribution < 1.29 is 4.74 Å². The van der Waals surface area contributed by atoms with Gasteiger partial charge in [-0.25, -0.2) is 0 Å². The van der Waals surface area contributed by atoms with Gasteiger partial charge in [-0.3, -0.25) is 0 Å². The maximum absolute atomic E-state index is 6.10. The highest BCUT2D eigenvalue weighted by Crippen LogP contribution is 2.28. The van der Waals surface area contributed by atoms with Gasteiger partial charge in [-0.05, 0) is 55.3 Å². The molecule has 2 aromatic rings. The number of likely N-dealkylation sites (N-methyl/N-ethyl adjacent to an activating group) is 1. The monoisotopic (exact) mass is 289 g/mol. The Morgan fingerprint density at radius 2 is 1.95 bits per heavy atom. The van der Waals surface area contributed by atoms with Crippen molar-refractivity contribution in [3.8, 4) is 5.75 Å². The first-order chi connectivity index (χ1) is 9.65. The van der Waals surface area contributed by atoms with Crippen LogP contribution in [0.5, 0.6) is 5.75 Å². The summed E-state index contributed by atoms with van der Waals surface area (Å²) in [6.07, 6.45) is 0.838. The lowest BCUT2D eigenvalue weighted by Gasteiger charge is -2.20. The summed E-state index contributed by atoms with van der Waals surface area (Å²) in [5, 5.41) is 4.12. The Hall–Kier alpha value is -1.51. The molecule has 0 aliphatic rings. The highest BCUT2D eigenvalue weighted by molar-refractivity contribution is 6.30. The van der Waals surface area contributed by atoms with Crippen molar-refractivity contribution in [3.05, 3.63) is 64.2 Å². The highest BCUT2D eigenvalue weighted by atomic mass is 35.5. The van der Waals surface area contributed by atoms with Crippen molar-refractivity contribution in [3.63, 3.8) is 0 Å². The van der Waals surface area contributed by atoms with E-state index in [-0.39, 0.29) is 6.04 Å². The summed E-state index contributed by atoms with van der Waals surface area (Å²) < 4.78 is 5.43. The van der Waals surface area contributed by atoms with Gasteiger partial charge in [0.05, 0.1) is 7.11 Å². The van der Waals surface area contributed by atoms with E-state index < -0.39 is 0 Å². The topological polar surface area (TPSA) is 21.3 Å². The third-order valence-corrected chi connectivity index (χ3v) is 3.81. The zero-order valence-corrected chi connectivity index (χ0v) is 12.9. The number of aryl methyl sites for hydroxylation is 1. The molecule has 0 amide bonds. The Morgan fingerprint density at radius 3 is 2.60 bits per heavy atom. The largest absolute Gasteiger partial charge is 0.496 e. The van der Waals surface area contributed by atoms with E-state index in [0.29, 0.717) is 0 Å². The number of rotatable bonds is 5. The number of benzene rings is 2. The van der Waals surface area contributed by atoms with Gasteiger partial charge in [0.25, 0.3) is 0 Å². The van der Waals surface area contributed by atoms with Crippen LogP contribution in [0.4, 0.5) is 0 Å². The first kappa shape index (κ1) is 14.9. The summed E-state index contributed by atoms with van der Waals surface area (Å²) in [7, 11) is 3.67. The van der Waals surface area contributed by atoms with Crippen LogP contribution in [0.2, 0.25) is 5.02 Å². The third kappa shape index (κ3) is 3.33. The second-order valence-electron chi connectivity index (χ2n) is 4.86. The number of nitrogens with one attached hydrogen (secondary N) is 1. The fraction of sp³-hybridized carbons (Fsp3) is 0.294. The van der Waals surface area contributed by atoms with Crippen molar-refractivity contribution in [2.75, 3.05) is 14.2 Å². The average Bonchev–Trinajstić information content (AvgIpc) is 2.46. The number of halogens is 1. The Bertz CT molecular complexity index is 583. The molecule has 2 nitrogen and oxygen atoms in total. The molecule has 0 aliphatic carbocycles. The van der Waals surface area contributed by atoms with E-state index in [2.05, 4.69) is 36.5 Å². The first-order valence-corrected chi connectivity index (χ1v) is 7.08. The van der Waals surface area contributed by atoms with Crippen LogP contribution < -0.4 is 10.1 Å². The van der Waals surface area contributed by atoms with Gasteiger partial charge in [-0.2, -0.15) is 0 Å². The molecule has 1 atom stereocenters. The van der Waals surface area contributed by atoms with E-state index in [1.165, 1.54) is 11.1 Å². The van der Waals surface area contributed by atoms with Crippen LogP contribution in [-0.2, 0) is 6.42 Å². The van der Waals surface area contributed by atoms with Crippen molar-refractivity contribution in [2.24, 2.45) is 0 Å². The molecular weight excluding hydrogens is 270 g/mol. The number of methoxy groups -OCH3 is 1. The minimum absolute atomic E-state index is 0.239. The molecule has 1 unspecified atom stereocenters. The SMILES string of the molecule is CNC(Cc1cc(Cl)ccc1OC)c1ccccc1C. The molecule has 1 N–H and O–H groups in total. The Morgan fingerprint density at radius 1 is 1.20 bits per heavy atom. The smallest absolute Gasteiger partial charge is 0.122 e. The van der Waals surface area contributed by atoms with Gasteiger partial charge in [0.15, 0.2) is 0 Å². The Balaban J connectivity index is 2.31. The lowest BCUT2D eigenvalue weighted by molar-refractivity contribution is 0.406. The van der Waals surface area contributed by atoms with E-state index in [4.69, 9.17) is 16.3 Å². The molecule has 2 aromatic carbocycles. The second-order valence-corrected chi connectivity index (χ2v) is 5.29. The van der Waals surface area contributed by atoms with E-state index >= 15 is 0 Å². The average molecular weight is 290 g/mol. The van der Waals surface area contributed by atoms with Gasteiger partial charge in [0.1, 0.15) is 5.75 Å².